The standard InChI is InChI=1S/C9H13NO/c1-7(11)9-5-3-2-4-8(9)6-10/h8-9H,2-5H2,1H3/t8-,9+/m0/s1. The highest BCUT2D eigenvalue weighted by Gasteiger charge is 2.27. The third kappa shape index (κ3) is 1.80. The molecule has 2 heteroatoms. The second-order valence-electron chi connectivity index (χ2n) is 3.24. The van der Waals surface area contributed by atoms with Crippen LogP contribution in [0.5, 0.6) is 0 Å². The van der Waals surface area contributed by atoms with Crippen LogP contribution in [0.1, 0.15) is 32.6 Å². The molecule has 0 aromatic rings. The predicted octanol–water partition coefficient (Wildman–Crippen LogP) is 1.91. The molecule has 11 heavy (non-hydrogen) atoms. The Bertz CT molecular complexity index is 192. The lowest BCUT2D eigenvalue weighted by Gasteiger charge is -2.23. The number of nitriles is 1. The molecule has 1 rings (SSSR count). The summed E-state index contributed by atoms with van der Waals surface area (Å²) in [5, 5.41) is 8.71. The third-order valence-corrected chi connectivity index (χ3v) is 2.45. The van der Waals surface area contributed by atoms with Crippen molar-refractivity contribution >= 4 is 5.78 Å². The lowest BCUT2D eigenvalue weighted by atomic mass is 9.78. The molecule has 0 unspecified atom stereocenters. The third-order valence-electron chi connectivity index (χ3n) is 2.45. The number of hydrogen-bond acceptors (Lipinski definition) is 2. The van der Waals surface area contributed by atoms with Gasteiger partial charge in [0.1, 0.15) is 5.78 Å². The molecule has 1 saturated carbocycles. The van der Waals surface area contributed by atoms with Crippen LogP contribution >= 0.6 is 0 Å². The Morgan fingerprint density at radius 3 is 2.55 bits per heavy atom. The molecule has 1 aliphatic rings. The Kier molecular flexibility index (Phi) is 2.64. The number of rotatable bonds is 1. The first kappa shape index (κ1) is 8.26. The maximum atomic E-state index is 11.0. The zero-order chi connectivity index (χ0) is 8.27. The first-order valence-electron chi connectivity index (χ1n) is 4.15. The Morgan fingerprint density at radius 1 is 1.45 bits per heavy atom. The predicted molar refractivity (Wildman–Crippen MR) is 41.7 cm³/mol. The van der Waals surface area contributed by atoms with E-state index in [0.29, 0.717) is 0 Å². The van der Waals surface area contributed by atoms with Gasteiger partial charge in [0.2, 0.25) is 0 Å². The smallest absolute Gasteiger partial charge is 0.134 e. The number of Topliss-reactive ketones (excluding diaryl/α,β-unsaturated/α-hetero) is 1. The zero-order valence-corrected chi connectivity index (χ0v) is 6.84. The molecule has 1 aliphatic carbocycles. The normalized spacial score (nSPS) is 30.9. The highest BCUT2D eigenvalue weighted by Crippen LogP contribution is 2.29. The summed E-state index contributed by atoms with van der Waals surface area (Å²) in [5.41, 5.74) is 0. The summed E-state index contributed by atoms with van der Waals surface area (Å²) in [6.45, 7) is 1.60. The number of nitrogens with zero attached hydrogens (tertiary/aromatic N) is 1. The van der Waals surface area contributed by atoms with Gasteiger partial charge < -0.3 is 0 Å². The Morgan fingerprint density at radius 2 is 2.09 bits per heavy atom. The van der Waals surface area contributed by atoms with Gasteiger partial charge in [0, 0.05) is 5.92 Å². The first-order valence-corrected chi connectivity index (χ1v) is 4.15. The van der Waals surface area contributed by atoms with E-state index in [9.17, 15) is 4.79 Å². The van der Waals surface area contributed by atoms with Gasteiger partial charge in [-0.25, -0.2) is 0 Å². The lowest BCUT2D eigenvalue weighted by Crippen LogP contribution is -2.24. The molecule has 0 aliphatic heterocycles. The van der Waals surface area contributed by atoms with Crippen molar-refractivity contribution in [2.24, 2.45) is 11.8 Å². The van der Waals surface area contributed by atoms with E-state index in [1.807, 2.05) is 0 Å². The Hall–Kier alpha value is -0.840. The van der Waals surface area contributed by atoms with Crippen LogP contribution in [-0.2, 0) is 4.79 Å². The average Bonchev–Trinajstić information content (AvgIpc) is 2.04. The second-order valence-corrected chi connectivity index (χ2v) is 3.24. The van der Waals surface area contributed by atoms with E-state index in [1.54, 1.807) is 6.92 Å². The van der Waals surface area contributed by atoms with Crippen LogP contribution in [0.15, 0.2) is 0 Å². The number of carbonyl (C=O) groups is 1. The molecule has 0 bridgehead atoms. The maximum absolute atomic E-state index is 11.0. The fraction of sp³-hybridized carbons (Fsp3) is 0.778. The molecule has 0 N–H and O–H groups in total. The minimum Gasteiger partial charge on any atom is -0.300 e. The van der Waals surface area contributed by atoms with Crippen molar-refractivity contribution in [2.75, 3.05) is 0 Å². The Balaban J connectivity index is 2.60. The van der Waals surface area contributed by atoms with Crippen LogP contribution in [-0.4, -0.2) is 5.78 Å². The molecule has 2 nitrogen and oxygen atoms in total. The maximum Gasteiger partial charge on any atom is 0.134 e. The van der Waals surface area contributed by atoms with Crippen LogP contribution in [0, 0.1) is 23.2 Å². The summed E-state index contributed by atoms with van der Waals surface area (Å²) in [6.07, 6.45) is 4.07. The largest absolute Gasteiger partial charge is 0.300 e. The molecule has 2 atom stereocenters. The topological polar surface area (TPSA) is 40.9 Å². The minimum absolute atomic E-state index is 0.00116. The fourth-order valence-electron chi connectivity index (χ4n) is 1.77. The summed E-state index contributed by atoms with van der Waals surface area (Å²) in [7, 11) is 0. The lowest BCUT2D eigenvalue weighted by molar-refractivity contribution is -0.122. The van der Waals surface area contributed by atoms with Crippen molar-refractivity contribution in [3.8, 4) is 6.07 Å². The van der Waals surface area contributed by atoms with Crippen molar-refractivity contribution in [3.05, 3.63) is 0 Å². The molecular formula is C9H13NO. The van der Waals surface area contributed by atoms with Gasteiger partial charge in [-0.15, -0.1) is 0 Å². The molecule has 0 saturated heterocycles. The molecule has 0 aromatic carbocycles. The van der Waals surface area contributed by atoms with Gasteiger partial charge >= 0.3 is 0 Å². The summed E-state index contributed by atoms with van der Waals surface area (Å²) < 4.78 is 0. The van der Waals surface area contributed by atoms with E-state index in [-0.39, 0.29) is 17.6 Å². The number of carbonyl (C=O) groups excluding carboxylic acids is 1. The van der Waals surface area contributed by atoms with Crippen molar-refractivity contribution in [1.82, 2.24) is 0 Å². The van der Waals surface area contributed by atoms with Gasteiger partial charge in [0.25, 0.3) is 0 Å². The van der Waals surface area contributed by atoms with E-state index in [1.165, 1.54) is 0 Å². The summed E-state index contributed by atoms with van der Waals surface area (Å²) in [6, 6.07) is 2.21. The summed E-state index contributed by atoms with van der Waals surface area (Å²) in [5.74, 6) is 0.228. The summed E-state index contributed by atoms with van der Waals surface area (Å²) >= 11 is 0. The average molecular weight is 151 g/mol. The first-order chi connectivity index (χ1) is 5.25. The quantitative estimate of drug-likeness (QED) is 0.574. The number of ketones is 1. The van der Waals surface area contributed by atoms with E-state index in [2.05, 4.69) is 6.07 Å². The summed E-state index contributed by atoms with van der Waals surface area (Å²) in [4.78, 5) is 11.0. The molecule has 1 fully saturated rings. The van der Waals surface area contributed by atoms with E-state index in [4.69, 9.17) is 5.26 Å². The fourth-order valence-corrected chi connectivity index (χ4v) is 1.77. The molecule has 0 radical (unpaired) electrons. The second kappa shape index (κ2) is 3.52. The van der Waals surface area contributed by atoms with Crippen LogP contribution in [0.2, 0.25) is 0 Å². The molecular weight excluding hydrogens is 138 g/mol. The minimum atomic E-state index is 0.00116. The van der Waals surface area contributed by atoms with Crippen LogP contribution in [0.4, 0.5) is 0 Å². The van der Waals surface area contributed by atoms with Gasteiger partial charge in [-0.1, -0.05) is 12.8 Å². The van der Waals surface area contributed by atoms with Crippen LogP contribution in [0.25, 0.3) is 0 Å². The monoisotopic (exact) mass is 151 g/mol. The molecule has 60 valence electrons. The molecule has 0 amide bonds. The van der Waals surface area contributed by atoms with Gasteiger partial charge in [0.15, 0.2) is 0 Å². The van der Waals surface area contributed by atoms with Gasteiger partial charge in [0.05, 0.1) is 12.0 Å². The Labute approximate surface area is 67.2 Å². The van der Waals surface area contributed by atoms with Gasteiger partial charge in [-0.2, -0.15) is 5.26 Å². The number of hydrogen-bond donors (Lipinski definition) is 0. The van der Waals surface area contributed by atoms with E-state index < -0.39 is 0 Å². The molecule has 0 aromatic heterocycles. The highest BCUT2D eigenvalue weighted by atomic mass is 16.1. The van der Waals surface area contributed by atoms with Crippen molar-refractivity contribution in [2.45, 2.75) is 32.6 Å². The van der Waals surface area contributed by atoms with Crippen molar-refractivity contribution in [1.29, 1.82) is 5.26 Å². The van der Waals surface area contributed by atoms with Crippen molar-refractivity contribution in [3.63, 3.8) is 0 Å². The molecule has 0 heterocycles. The van der Waals surface area contributed by atoms with E-state index in [0.717, 1.165) is 25.7 Å². The SMILES string of the molecule is CC(=O)[C@H]1CCCC[C@H]1C#N. The highest BCUT2D eigenvalue weighted by molar-refractivity contribution is 5.79. The van der Waals surface area contributed by atoms with Crippen LogP contribution < -0.4 is 0 Å². The zero-order valence-electron chi connectivity index (χ0n) is 6.84. The van der Waals surface area contributed by atoms with Gasteiger partial charge in [-0.3, -0.25) is 4.79 Å². The van der Waals surface area contributed by atoms with E-state index >= 15 is 0 Å². The van der Waals surface area contributed by atoms with Crippen LogP contribution in [0.3, 0.4) is 0 Å². The van der Waals surface area contributed by atoms with Gasteiger partial charge in [-0.05, 0) is 19.8 Å². The van der Waals surface area contributed by atoms with Crippen molar-refractivity contribution < 1.29 is 4.79 Å². The molecule has 0 spiro atoms.